The SMILES string of the molecule is CC(NC=O)c1nc(C(F)(F)F)c(C(C)NC=O)nc1C(F)(F)F. The van der Waals surface area contributed by atoms with Crippen molar-refractivity contribution in [1.29, 1.82) is 0 Å². The highest BCUT2D eigenvalue weighted by Crippen LogP contribution is 2.38. The minimum atomic E-state index is -5.11. The van der Waals surface area contributed by atoms with Gasteiger partial charge in [-0.05, 0) is 13.8 Å². The number of amides is 2. The fourth-order valence-corrected chi connectivity index (χ4v) is 1.84. The van der Waals surface area contributed by atoms with Crippen LogP contribution in [0.15, 0.2) is 0 Å². The van der Waals surface area contributed by atoms with Crippen LogP contribution in [0.5, 0.6) is 0 Å². The molecule has 0 saturated heterocycles. The summed E-state index contributed by atoms with van der Waals surface area (Å²) in [6, 6.07) is -2.92. The molecule has 2 amide bonds. The molecule has 2 atom stereocenters. The van der Waals surface area contributed by atoms with Crippen LogP contribution in [0.1, 0.15) is 48.7 Å². The van der Waals surface area contributed by atoms with Gasteiger partial charge in [0, 0.05) is 0 Å². The lowest BCUT2D eigenvalue weighted by molar-refractivity contribution is -0.149. The lowest BCUT2D eigenvalue weighted by Crippen LogP contribution is -2.30. The summed E-state index contributed by atoms with van der Waals surface area (Å²) in [5, 5.41) is 3.81. The molecule has 12 heteroatoms. The Labute approximate surface area is 131 Å². The molecule has 0 aliphatic carbocycles. The van der Waals surface area contributed by atoms with Gasteiger partial charge in [0.1, 0.15) is 0 Å². The molecule has 2 unspecified atom stereocenters. The van der Waals surface area contributed by atoms with Crippen LogP contribution in [-0.2, 0) is 21.9 Å². The topological polar surface area (TPSA) is 84.0 Å². The van der Waals surface area contributed by atoms with Gasteiger partial charge in [-0.25, -0.2) is 9.97 Å². The number of rotatable bonds is 6. The van der Waals surface area contributed by atoms with E-state index in [0.29, 0.717) is 0 Å². The van der Waals surface area contributed by atoms with E-state index < -0.39 is 47.2 Å². The molecular weight excluding hydrogens is 346 g/mol. The standard InChI is InChI=1S/C12H12F6N4O2/c1-5(19-3-23)7-9(11(13,14)15)22-8(6(2)20-4-24)10(21-7)12(16,17)18/h3-6H,1-2H3,(H,19,23)(H,20,24). The molecule has 0 radical (unpaired) electrons. The van der Waals surface area contributed by atoms with Crippen LogP contribution in [0.4, 0.5) is 26.3 Å². The second-order valence-corrected chi connectivity index (χ2v) is 4.70. The van der Waals surface area contributed by atoms with E-state index in [1.165, 1.54) is 0 Å². The second kappa shape index (κ2) is 7.01. The van der Waals surface area contributed by atoms with Crippen LogP contribution >= 0.6 is 0 Å². The van der Waals surface area contributed by atoms with Crippen molar-refractivity contribution in [2.75, 3.05) is 0 Å². The molecule has 0 fully saturated rings. The maximum atomic E-state index is 13.1. The number of alkyl halides is 6. The van der Waals surface area contributed by atoms with Crippen molar-refractivity contribution in [2.24, 2.45) is 0 Å². The number of hydrogen-bond donors (Lipinski definition) is 2. The van der Waals surface area contributed by atoms with Crippen molar-refractivity contribution in [3.05, 3.63) is 22.8 Å². The Balaban J connectivity index is 3.72. The molecule has 134 valence electrons. The summed E-state index contributed by atoms with van der Waals surface area (Å²) < 4.78 is 78.7. The highest BCUT2D eigenvalue weighted by molar-refractivity contribution is 5.48. The van der Waals surface area contributed by atoms with Crippen LogP contribution < -0.4 is 10.6 Å². The first-order valence-corrected chi connectivity index (χ1v) is 6.39. The lowest BCUT2D eigenvalue weighted by atomic mass is 10.1. The van der Waals surface area contributed by atoms with Crippen LogP contribution in [0.2, 0.25) is 0 Å². The molecule has 1 aromatic rings. The quantitative estimate of drug-likeness (QED) is 0.603. The molecule has 0 bridgehead atoms. The van der Waals surface area contributed by atoms with Crippen molar-refractivity contribution >= 4 is 12.8 Å². The monoisotopic (exact) mass is 358 g/mol. The van der Waals surface area contributed by atoms with E-state index >= 15 is 0 Å². The summed E-state index contributed by atoms with van der Waals surface area (Å²) in [7, 11) is 0. The Morgan fingerprint density at radius 3 is 1.29 bits per heavy atom. The number of aromatic nitrogens is 2. The molecule has 0 spiro atoms. The second-order valence-electron chi connectivity index (χ2n) is 4.70. The average Bonchev–Trinajstić information content (AvgIpc) is 2.44. The fourth-order valence-electron chi connectivity index (χ4n) is 1.84. The Bertz CT molecular complexity index is 563. The van der Waals surface area contributed by atoms with Crippen LogP contribution in [0.25, 0.3) is 0 Å². The number of hydrogen-bond acceptors (Lipinski definition) is 4. The van der Waals surface area contributed by atoms with Gasteiger partial charge in [0.2, 0.25) is 12.8 Å². The van der Waals surface area contributed by atoms with E-state index in [0.717, 1.165) is 13.8 Å². The van der Waals surface area contributed by atoms with E-state index in [2.05, 4.69) is 9.97 Å². The Morgan fingerprint density at radius 1 is 0.792 bits per heavy atom. The van der Waals surface area contributed by atoms with Gasteiger partial charge in [-0.3, -0.25) is 9.59 Å². The smallest absolute Gasteiger partial charge is 0.351 e. The van der Waals surface area contributed by atoms with Crippen molar-refractivity contribution in [1.82, 2.24) is 20.6 Å². The summed E-state index contributed by atoms with van der Waals surface area (Å²) in [5.74, 6) is 0. The normalized spacial score (nSPS) is 14.7. The maximum absolute atomic E-state index is 13.1. The minimum absolute atomic E-state index is 0.0320. The first-order chi connectivity index (χ1) is 10.9. The highest BCUT2D eigenvalue weighted by Gasteiger charge is 2.44. The summed E-state index contributed by atoms with van der Waals surface area (Å²) in [6.07, 6.45) is -10.2. The Morgan fingerprint density at radius 2 is 1.08 bits per heavy atom. The highest BCUT2D eigenvalue weighted by atomic mass is 19.4. The number of carbonyl (C=O) groups is 2. The van der Waals surface area contributed by atoms with Gasteiger partial charge in [-0.1, -0.05) is 0 Å². The van der Waals surface area contributed by atoms with Crippen LogP contribution in [-0.4, -0.2) is 22.8 Å². The molecule has 1 heterocycles. The number of halogens is 6. The molecule has 1 rings (SSSR count). The molecule has 1 aromatic heterocycles. The zero-order chi connectivity index (χ0) is 18.7. The predicted octanol–water partition coefficient (Wildman–Crippen LogP) is 2.13. The summed E-state index contributed by atoms with van der Waals surface area (Å²) >= 11 is 0. The zero-order valence-corrected chi connectivity index (χ0v) is 12.3. The van der Waals surface area contributed by atoms with Crippen molar-refractivity contribution in [3.63, 3.8) is 0 Å². The van der Waals surface area contributed by atoms with Gasteiger partial charge in [-0.2, -0.15) is 26.3 Å². The molecule has 0 saturated carbocycles. The third-order valence-corrected chi connectivity index (χ3v) is 2.94. The van der Waals surface area contributed by atoms with Crippen molar-refractivity contribution < 1.29 is 35.9 Å². The first-order valence-electron chi connectivity index (χ1n) is 6.39. The van der Waals surface area contributed by atoms with Gasteiger partial charge in [0.15, 0.2) is 11.4 Å². The van der Waals surface area contributed by atoms with Gasteiger partial charge < -0.3 is 10.6 Å². The van der Waals surface area contributed by atoms with Gasteiger partial charge in [0.25, 0.3) is 0 Å². The third kappa shape index (κ3) is 4.32. The third-order valence-electron chi connectivity index (χ3n) is 2.94. The summed E-state index contributed by atoms with van der Waals surface area (Å²) in [4.78, 5) is 26.9. The summed E-state index contributed by atoms with van der Waals surface area (Å²) in [5.41, 5.74) is -5.51. The summed E-state index contributed by atoms with van der Waals surface area (Å²) in [6.45, 7) is 2.06. The molecular formula is C12H12F6N4O2. The molecule has 24 heavy (non-hydrogen) atoms. The number of nitrogens with zero attached hydrogens (tertiary/aromatic N) is 2. The molecule has 2 N–H and O–H groups in total. The molecule has 6 nitrogen and oxygen atoms in total. The van der Waals surface area contributed by atoms with Gasteiger partial charge in [-0.15, -0.1) is 0 Å². The van der Waals surface area contributed by atoms with E-state index in [1.54, 1.807) is 0 Å². The first kappa shape index (κ1) is 19.6. The average molecular weight is 358 g/mol. The number of nitrogens with one attached hydrogen (secondary N) is 2. The minimum Gasteiger partial charge on any atom is -0.351 e. The van der Waals surface area contributed by atoms with Crippen molar-refractivity contribution in [3.8, 4) is 0 Å². The fraction of sp³-hybridized carbons (Fsp3) is 0.500. The zero-order valence-electron chi connectivity index (χ0n) is 12.3. The molecule has 0 aromatic carbocycles. The largest absolute Gasteiger partial charge is 0.435 e. The Kier molecular flexibility index (Phi) is 5.74. The predicted molar refractivity (Wildman–Crippen MR) is 67.3 cm³/mol. The van der Waals surface area contributed by atoms with Crippen molar-refractivity contribution in [2.45, 2.75) is 38.3 Å². The molecule has 0 aliphatic rings. The van der Waals surface area contributed by atoms with Gasteiger partial charge >= 0.3 is 12.4 Å². The van der Waals surface area contributed by atoms with Crippen LogP contribution in [0.3, 0.4) is 0 Å². The molecule has 0 aliphatic heterocycles. The Hall–Kier alpha value is -2.40. The van der Waals surface area contributed by atoms with Crippen LogP contribution in [0, 0.1) is 0 Å². The lowest BCUT2D eigenvalue weighted by Gasteiger charge is -2.22. The maximum Gasteiger partial charge on any atom is 0.435 e. The van der Waals surface area contributed by atoms with E-state index in [1.807, 2.05) is 10.6 Å². The number of carbonyl (C=O) groups excluding carboxylic acids is 2. The van der Waals surface area contributed by atoms with E-state index in [-0.39, 0.29) is 12.8 Å². The van der Waals surface area contributed by atoms with Gasteiger partial charge in [0.05, 0.1) is 23.5 Å². The van der Waals surface area contributed by atoms with E-state index in [9.17, 15) is 35.9 Å². The van der Waals surface area contributed by atoms with E-state index in [4.69, 9.17) is 0 Å².